The van der Waals surface area contributed by atoms with Crippen molar-refractivity contribution in [1.82, 2.24) is 5.32 Å². The summed E-state index contributed by atoms with van der Waals surface area (Å²) in [6, 6.07) is 5.76. The number of rotatable bonds is 3. The predicted molar refractivity (Wildman–Crippen MR) is 79.6 cm³/mol. The van der Waals surface area contributed by atoms with E-state index in [9.17, 15) is 4.79 Å². The van der Waals surface area contributed by atoms with Crippen LogP contribution in [0.25, 0.3) is 0 Å². The summed E-state index contributed by atoms with van der Waals surface area (Å²) >= 11 is 3.42. The largest absolute Gasteiger partial charge is 0.497 e. The molecule has 0 atom stereocenters. The summed E-state index contributed by atoms with van der Waals surface area (Å²) in [5.41, 5.74) is 0.637. The maximum absolute atomic E-state index is 12.3. The molecule has 0 aliphatic heterocycles. The number of hydrogen-bond donors (Lipinski definition) is 1. The van der Waals surface area contributed by atoms with Crippen LogP contribution in [0, 0.1) is 5.92 Å². The van der Waals surface area contributed by atoms with E-state index in [1.165, 1.54) is 12.8 Å². The third-order valence-corrected chi connectivity index (χ3v) is 4.46. The Morgan fingerprint density at radius 2 is 2.00 bits per heavy atom. The molecule has 1 aliphatic rings. The number of nitrogens with one attached hydrogen (secondary N) is 1. The van der Waals surface area contributed by atoms with Crippen LogP contribution in [0.3, 0.4) is 0 Å². The molecule has 4 heteroatoms. The first-order valence-electron chi connectivity index (χ1n) is 6.74. The van der Waals surface area contributed by atoms with Crippen molar-refractivity contribution in [1.29, 1.82) is 0 Å². The average Bonchev–Trinajstić information content (AvgIpc) is 2.42. The quantitative estimate of drug-likeness (QED) is 0.918. The molecule has 0 radical (unpaired) electrons. The summed E-state index contributed by atoms with van der Waals surface area (Å²) in [7, 11) is 1.60. The van der Waals surface area contributed by atoms with Gasteiger partial charge in [0.25, 0.3) is 5.91 Å². The molecule has 0 aromatic heterocycles. The lowest BCUT2D eigenvalue weighted by atomic mass is 9.87. The number of amides is 1. The van der Waals surface area contributed by atoms with Crippen molar-refractivity contribution >= 4 is 21.8 Å². The Bertz CT molecular complexity index is 453. The number of carbonyl (C=O) groups is 1. The molecular formula is C15H20BrNO2. The zero-order valence-electron chi connectivity index (χ0n) is 11.4. The molecule has 1 fully saturated rings. The van der Waals surface area contributed by atoms with Gasteiger partial charge in [-0.1, -0.05) is 6.92 Å². The first-order chi connectivity index (χ1) is 9.10. The van der Waals surface area contributed by atoms with Crippen LogP contribution in [-0.2, 0) is 0 Å². The summed E-state index contributed by atoms with van der Waals surface area (Å²) in [4.78, 5) is 12.3. The molecule has 0 unspecified atom stereocenters. The van der Waals surface area contributed by atoms with Gasteiger partial charge in [-0.25, -0.2) is 0 Å². The van der Waals surface area contributed by atoms with Crippen molar-refractivity contribution in [3.8, 4) is 5.75 Å². The van der Waals surface area contributed by atoms with Crippen molar-refractivity contribution in [2.75, 3.05) is 7.11 Å². The van der Waals surface area contributed by atoms with E-state index in [-0.39, 0.29) is 5.91 Å². The van der Waals surface area contributed by atoms with E-state index in [0.717, 1.165) is 23.2 Å². The Morgan fingerprint density at radius 1 is 1.32 bits per heavy atom. The second-order valence-corrected chi connectivity index (χ2v) is 6.13. The fourth-order valence-electron chi connectivity index (χ4n) is 2.47. The van der Waals surface area contributed by atoms with E-state index >= 15 is 0 Å². The van der Waals surface area contributed by atoms with E-state index in [0.29, 0.717) is 17.4 Å². The van der Waals surface area contributed by atoms with Crippen LogP contribution in [-0.4, -0.2) is 19.1 Å². The average molecular weight is 326 g/mol. The molecule has 1 aliphatic carbocycles. The van der Waals surface area contributed by atoms with Crippen molar-refractivity contribution in [2.45, 2.75) is 38.6 Å². The molecular weight excluding hydrogens is 306 g/mol. The monoisotopic (exact) mass is 325 g/mol. The smallest absolute Gasteiger partial charge is 0.252 e. The zero-order valence-corrected chi connectivity index (χ0v) is 13.0. The van der Waals surface area contributed by atoms with E-state index < -0.39 is 0 Å². The van der Waals surface area contributed by atoms with Crippen LogP contribution in [0.1, 0.15) is 43.0 Å². The number of halogens is 1. The van der Waals surface area contributed by atoms with Gasteiger partial charge in [0, 0.05) is 10.5 Å². The van der Waals surface area contributed by atoms with Gasteiger partial charge < -0.3 is 10.1 Å². The third-order valence-electron chi connectivity index (χ3n) is 3.77. The van der Waals surface area contributed by atoms with Gasteiger partial charge in [-0.3, -0.25) is 4.79 Å². The highest BCUT2D eigenvalue weighted by Gasteiger charge is 2.21. The molecule has 3 nitrogen and oxygen atoms in total. The van der Waals surface area contributed by atoms with Gasteiger partial charge in [0.2, 0.25) is 0 Å². The number of methoxy groups -OCH3 is 1. The van der Waals surface area contributed by atoms with Crippen molar-refractivity contribution in [3.05, 3.63) is 28.2 Å². The predicted octanol–water partition coefficient (Wildman–Crippen LogP) is 3.77. The summed E-state index contributed by atoms with van der Waals surface area (Å²) in [5.74, 6) is 1.47. The van der Waals surface area contributed by atoms with Gasteiger partial charge in [-0.15, -0.1) is 0 Å². The fourth-order valence-corrected chi connectivity index (χ4v) is 2.90. The normalized spacial score (nSPS) is 22.9. The lowest BCUT2D eigenvalue weighted by Crippen LogP contribution is -2.37. The molecule has 1 aromatic rings. The Balaban J connectivity index is 2.03. The molecule has 19 heavy (non-hydrogen) atoms. The highest BCUT2D eigenvalue weighted by molar-refractivity contribution is 9.10. The Morgan fingerprint density at radius 3 is 2.63 bits per heavy atom. The Hall–Kier alpha value is -1.03. The molecule has 0 spiro atoms. The first kappa shape index (κ1) is 14.4. The Labute approximate surface area is 122 Å². The lowest BCUT2D eigenvalue weighted by Gasteiger charge is -2.27. The molecule has 2 rings (SSSR count). The number of hydrogen-bond acceptors (Lipinski definition) is 2. The van der Waals surface area contributed by atoms with Crippen LogP contribution in [0.4, 0.5) is 0 Å². The number of carbonyl (C=O) groups excluding carboxylic acids is 1. The van der Waals surface area contributed by atoms with Crippen LogP contribution in [0.15, 0.2) is 22.7 Å². The van der Waals surface area contributed by atoms with Crippen LogP contribution < -0.4 is 10.1 Å². The molecule has 1 saturated carbocycles. The van der Waals surface area contributed by atoms with Crippen LogP contribution >= 0.6 is 15.9 Å². The van der Waals surface area contributed by atoms with E-state index in [4.69, 9.17) is 4.74 Å². The molecule has 1 aromatic carbocycles. The minimum atomic E-state index is -0.0228. The second-order valence-electron chi connectivity index (χ2n) is 5.28. The maximum Gasteiger partial charge on any atom is 0.252 e. The molecule has 0 saturated heterocycles. The van der Waals surface area contributed by atoms with Crippen molar-refractivity contribution < 1.29 is 9.53 Å². The van der Waals surface area contributed by atoms with Gasteiger partial charge in [0.05, 0.1) is 12.7 Å². The summed E-state index contributed by atoms with van der Waals surface area (Å²) in [5, 5.41) is 3.12. The topological polar surface area (TPSA) is 38.3 Å². The highest BCUT2D eigenvalue weighted by atomic mass is 79.9. The SMILES string of the molecule is COc1ccc(Br)c(C(=O)NC2CCC(C)CC2)c1. The van der Waals surface area contributed by atoms with Crippen LogP contribution in [0.2, 0.25) is 0 Å². The molecule has 104 valence electrons. The van der Waals surface area contributed by atoms with E-state index in [1.807, 2.05) is 12.1 Å². The van der Waals surface area contributed by atoms with Crippen LogP contribution in [0.5, 0.6) is 5.75 Å². The fraction of sp³-hybridized carbons (Fsp3) is 0.533. The minimum absolute atomic E-state index is 0.0228. The zero-order chi connectivity index (χ0) is 13.8. The summed E-state index contributed by atoms with van der Waals surface area (Å²) in [6.07, 6.45) is 4.55. The minimum Gasteiger partial charge on any atom is -0.497 e. The summed E-state index contributed by atoms with van der Waals surface area (Å²) in [6.45, 7) is 2.27. The standard InChI is InChI=1S/C15H20BrNO2/c1-10-3-5-11(6-4-10)17-15(18)13-9-12(19-2)7-8-14(13)16/h7-11H,3-6H2,1-2H3,(H,17,18). The first-order valence-corrected chi connectivity index (χ1v) is 7.54. The second kappa shape index (κ2) is 6.42. The van der Waals surface area contributed by atoms with Gasteiger partial charge in [0.1, 0.15) is 5.75 Å². The van der Waals surface area contributed by atoms with Gasteiger partial charge in [-0.2, -0.15) is 0 Å². The highest BCUT2D eigenvalue weighted by Crippen LogP contribution is 2.25. The molecule has 1 N–H and O–H groups in total. The van der Waals surface area contributed by atoms with Gasteiger partial charge in [0.15, 0.2) is 0 Å². The molecule has 1 amide bonds. The van der Waals surface area contributed by atoms with Gasteiger partial charge in [-0.05, 0) is 65.7 Å². The number of ether oxygens (including phenoxy) is 1. The summed E-state index contributed by atoms with van der Waals surface area (Å²) < 4.78 is 5.96. The van der Waals surface area contributed by atoms with Crippen molar-refractivity contribution in [3.63, 3.8) is 0 Å². The van der Waals surface area contributed by atoms with Gasteiger partial charge >= 0.3 is 0 Å². The van der Waals surface area contributed by atoms with Crippen molar-refractivity contribution in [2.24, 2.45) is 5.92 Å². The lowest BCUT2D eigenvalue weighted by molar-refractivity contribution is 0.0922. The van der Waals surface area contributed by atoms with E-state index in [2.05, 4.69) is 28.2 Å². The number of benzene rings is 1. The molecule has 0 bridgehead atoms. The Kier molecular flexibility index (Phi) is 4.86. The third kappa shape index (κ3) is 3.72. The molecule has 0 heterocycles. The van der Waals surface area contributed by atoms with E-state index in [1.54, 1.807) is 13.2 Å². The maximum atomic E-state index is 12.3.